The number of benzene rings is 6. The minimum Gasteiger partial charge on any atom is -0.457 e. The van der Waals surface area contributed by atoms with Crippen LogP contribution in [0.25, 0.3) is 0 Å². The van der Waals surface area contributed by atoms with Crippen molar-refractivity contribution >= 4 is 45.5 Å². The van der Waals surface area contributed by atoms with Gasteiger partial charge in [0, 0.05) is 45.5 Å². The summed E-state index contributed by atoms with van der Waals surface area (Å²) >= 11 is 0. The molecule has 0 atom stereocenters. The molecule has 4 N–H and O–H groups in total. The van der Waals surface area contributed by atoms with Crippen molar-refractivity contribution in [2.75, 3.05) is 21.3 Å². The van der Waals surface area contributed by atoms with Gasteiger partial charge in [0.15, 0.2) is 0 Å². The fourth-order valence-electron chi connectivity index (χ4n) is 4.76. The molecule has 0 aromatic heterocycles. The molecule has 0 heterocycles. The normalized spacial score (nSPS) is 10.6. The SMILES string of the molecule is Nc1ccc(N(c2ccccc2)c2ccc(Oc3ccc(N(c4ccccc4)c4ccc(N)cc4)cc3)cc2)cc1. The molecule has 0 radical (unpaired) electrons. The molecule has 5 nitrogen and oxygen atoms in total. The predicted octanol–water partition coefficient (Wildman–Crippen LogP) is 9.58. The highest BCUT2D eigenvalue weighted by Crippen LogP contribution is 2.38. The lowest BCUT2D eigenvalue weighted by Crippen LogP contribution is -2.10. The molecule has 0 aliphatic heterocycles. The van der Waals surface area contributed by atoms with Crippen molar-refractivity contribution in [3.05, 3.63) is 158 Å². The zero-order valence-corrected chi connectivity index (χ0v) is 22.5. The molecule has 0 saturated carbocycles. The molecule has 0 unspecified atom stereocenters. The summed E-state index contributed by atoms with van der Waals surface area (Å²) in [6.45, 7) is 0. The van der Waals surface area contributed by atoms with Crippen LogP contribution >= 0.6 is 0 Å². The average molecular weight is 535 g/mol. The first-order valence-electron chi connectivity index (χ1n) is 13.4. The number of ether oxygens (including phenoxy) is 1. The van der Waals surface area contributed by atoms with Gasteiger partial charge in [0.25, 0.3) is 0 Å². The Morgan fingerprint density at radius 3 is 0.902 bits per heavy atom. The molecule has 0 fully saturated rings. The topological polar surface area (TPSA) is 67.8 Å². The van der Waals surface area contributed by atoms with Crippen molar-refractivity contribution in [3.8, 4) is 11.5 Å². The molecule has 200 valence electrons. The van der Waals surface area contributed by atoms with Crippen molar-refractivity contribution in [3.63, 3.8) is 0 Å². The lowest BCUT2D eigenvalue weighted by Gasteiger charge is -2.26. The van der Waals surface area contributed by atoms with E-state index < -0.39 is 0 Å². The standard InChI is InChI=1S/C36H30N4O/c37-27-11-15-31(16-12-27)39(29-7-3-1-4-8-29)33-19-23-35(24-20-33)41-36-25-21-34(22-26-36)40(30-9-5-2-6-10-30)32-17-13-28(38)14-18-32/h1-26H,37-38H2. The number of nitrogens with zero attached hydrogens (tertiary/aromatic N) is 2. The van der Waals surface area contributed by atoms with Crippen LogP contribution in [0.5, 0.6) is 11.5 Å². The van der Waals surface area contributed by atoms with Crippen LogP contribution in [0, 0.1) is 0 Å². The fraction of sp³-hybridized carbons (Fsp3) is 0. The highest BCUT2D eigenvalue weighted by Gasteiger charge is 2.14. The van der Waals surface area contributed by atoms with Crippen LogP contribution in [0.2, 0.25) is 0 Å². The fourth-order valence-corrected chi connectivity index (χ4v) is 4.76. The van der Waals surface area contributed by atoms with E-state index in [2.05, 4.69) is 58.3 Å². The van der Waals surface area contributed by atoms with Crippen LogP contribution in [0.4, 0.5) is 45.5 Å². The summed E-state index contributed by atoms with van der Waals surface area (Å²) < 4.78 is 6.23. The summed E-state index contributed by atoms with van der Waals surface area (Å²) in [4.78, 5) is 4.38. The van der Waals surface area contributed by atoms with E-state index in [9.17, 15) is 0 Å². The van der Waals surface area contributed by atoms with E-state index in [1.54, 1.807) is 0 Å². The summed E-state index contributed by atoms with van der Waals surface area (Å²) in [5.74, 6) is 1.51. The molecular weight excluding hydrogens is 504 g/mol. The number of anilines is 8. The third-order valence-electron chi connectivity index (χ3n) is 6.76. The molecule has 6 aromatic rings. The Bertz CT molecular complexity index is 1560. The lowest BCUT2D eigenvalue weighted by atomic mass is 10.1. The van der Waals surface area contributed by atoms with Crippen molar-refractivity contribution in [2.24, 2.45) is 0 Å². The number of hydrogen-bond acceptors (Lipinski definition) is 5. The minimum absolute atomic E-state index is 0.733. The van der Waals surface area contributed by atoms with Gasteiger partial charge < -0.3 is 26.0 Å². The van der Waals surface area contributed by atoms with Crippen LogP contribution in [-0.2, 0) is 0 Å². The third kappa shape index (κ3) is 5.84. The molecule has 0 spiro atoms. The number of nitrogens with two attached hydrogens (primary N) is 2. The highest BCUT2D eigenvalue weighted by atomic mass is 16.5. The lowest BCUT2D eigenvalue weighted by molar-refractivity contribution is 0.483. The summed E-state index contributed by atoms with van der Waals surface area (Å²) in [6.07, 6.45) is 0. The third-order valence-corrected chi connectivity index (χ3v) is 6.76. The van der Waals surface area contributed by atoms with Crippen molar-refractivity contribution in [1.29, 1.82) is 0 Å². The highest BCUT2D eigenvalue weighted by molar-refractivity contribution is 5.78. The zero-order valence-electron chi connectivity index (χ0n) is 22.5. The Labute approximate surface area is 240 Å². The molecule has 0 bridgehead atoms. The van der Waals surface area contributed by atoms with E-state index >= 15 is 0 Å². The first-order chi connectivity index (χ1) is 20.1. The molecular formula is C36H30N4O. The molecule has 5 heteroatoms. The minimum atomic E-state index is 0.733. The average Bonchev–Trinajstić information content (AvgIpc) is 3.02. The Morgan fingerprint density at radius 2 is 0.585 bits per heavy atom. The number of para-hydroxylation sites is 2. The molecule has 41 heavy (non-hydrogen) atoms. The first kappa shape index (κ1) is 25.6. The zero-order chi connectivity index (χ0) is 28.0. The van der Waals surface area contributed by atoms with E-state index in [0.717, 1.165) is 57.0 Å². The summed E-state index contributed by atoms with van der Waals surface area (Å²) in [7, 11) is 0. The Morgan fingerprint density at radius 1 is 0.317 bits per heavy atom. The van der Waals surface area contributed by atoms with E-state index in [-0.39, 0.29) is 0 Å². The summed E-state index contributed by atoms with van der Waals surface area (Å²) in [5, 5.41) is 0. The van der Waals surface area contributed by atoms with Crippen LogP contribution < -0.4 is 26.0 Å². The Balaban J connectivity index is 1.24. The van der Waals surface area contributed by atoms with Gasteiger partial charge in [0.05, 0.1) is 0 Å². The second-order valence-corrected chi connectivity index (χ2v) is 9.61. The number of hydrogen-bond donors (Lipinski definition) is 2. The second-order valence-electron chi connectivity index (χ2n) is 9.61. The molecule has 0 aliphatic carbocycles. The quantitative estimate of drug-likeness (QED) is 0.190. The van der Waals surface area contributed by atoms with Crippen LogP contribution in [-0.4, -0.2) is 0 Å². The smallest absolute Gasteiger partial charge is 0.127 e. The second kappa shape index (κ2) is 11.6. The summed E-state index contributed by atoms with van der Waals surface area (Å²) in [6, 6.07) is 52.5. The van der Waals surface area contributed by atoms with Crippen LogP contribution in [0.15, 0.2) is 158 Å². The van der Waals surface area contributed by atoms with Crippen molar-refractivity contribution in [1.82, 2.24) is 0 Å². The molecule has 6 aromatic carbocycles. The maximum absolute atomic E-state index is 6.23. The first-order valence-corrected chi connectivity index (χ1v) is 13.4. The van der Waals surface area contributed by atoms with Crippen LogP contribution in [0.3, 0.4) is 0 Å². The van der Waals surface area contributed by atoms with Crippen LogP contribution in [0.1, 0.15) is 0 Å². The van der Waals surface area contributed by atoms with Gasteiger partial charge in [-0.15, -0.1) is 0 Å². The number of rotatable bonds is 8. The maximum Gasteiger partial charge on any atom is 0.127 e. The predicted molar refractivity (Wildman–Crippen MR) is 171 cm³/mol. The van der Waals surface area contributed by atoms with E-state index in [0.29, 0.717) is 0 Å². The van der Waals surface area contributed by atoms with Gasteiger partial charge in [0.1, 0.15) is 11.5 Å². The molecule has 0 aliphatic rings. The van der Waals surface area contributed by atoms with Gasteiger partial charge in [-0.1, -0.05) is 36.4 Å². The maximum atomic E-state index is 6.23. The molecule has 0 amide bonds. The monoisotopic (exact) mass is 534 g/mol. The van der Waals surface area contributed by atoms with E-state index in [4.69, 9.17) is 16.2 Å². The van der Waals surface area contributed by atoms with Crippen molar-refractivity contribution < 1.29 is 4.74 Å². The molecule has 0 saturated heterocycles. The van der Waals surface area contributed by atoms with Crippen molar-refractivity contribution in [2.45, 2.75) is 0 Å². The van der Waals surface area contributed by atoms with Gasteiger partial charge in [-0.05, 0) is 121 Å². The van der Waals surface area contributed by atoms with Gasteiger partial charge in [-0.25, -0.2) is 0 Å². The van der Waals surface area contributed by atoms with E-state index in [1.807, 2.05) is 109 Å². The Hall–Kier alpha value is -5.68. The largest absolute Gasteiger partial charge is 0.457 e. The number of nitrogen functional groups attached to an aromatic ring is 2. The van der Waals surface area contributed by atoms with Gasteiger partial charge in [0.2, 0.25) is 0 Å². The van der Waals surface area contributed by atoms with E-state index in [1.165, 1.54) is 0 Å². The van der Waals surface area contributed by atoms with Gasteiger partial charge >= 0.3 is 0 Å². The Kier molecular flexibility index (Phi) is 7.24. The summed E-state index contributed by atoms with van der Waals surface area (Å²) in [5.41, 5.74) is 19.6. The van der Waals surface area contributed by atoms with Gasteiger partial charge in [-0.2, -0.15) is 0 Å². The molecule has 6 rings (SSSR count). The van der Waals surface area contributed by atoms with Gasteiger partial charge in [-0.3, -0.25) is 0 Å².